The average molecular weight is 284 g/mol. The number of carbonyl (C=O) groups excluding carboxylic acids is 3. The standard InChI is InChI=1S/C13H14ClNO4/c1-8(16)15-11(13(18)19-2)7-12(17)9-3-5-10(14)6-4-9/h3-6,11H,7H2,1-2H3,(H,15,16)/t11-/m0/s1. The maximum absolute atomic E-state index is 12.0. The van der Waals surface area contributed by atoms with E-state index in [-0.39, 0.29) is 12.2 Å². The number of methoxy groups -OCH3 is 1. The van der Waals surface area contributed by atoms with Crippen LogP contribution in [0.5, 0.6) is 0 Å². The second kappa shape index (κ2) is 6.89. The molecular formula is C13H14ClNO4. The lowest BCUT2D eigenvalue weighted by molar-refractivity contribution is -0.144. The predicted octanol–water partition coefficient (Wildman–Crippen LogP) is 1.59. The molecule has 0 aliphatic carbocycles. The van der Waals surface area contributed by atoms with Gasteiger partial charge in [0.2, 0.25) is 5.91 Å². The van der Waals surface area contributed by atoms with Crippen molar-refractivity contribution in [1.29, 1.82) is 0 Å². The highest BCUT2D eigenvalue weighted by atomic mass is 35.5. The highest BCUT2D eigenvalue weighted by Gasteiger charge is 2.23. The van der Waals surface area contributed by atoms with Gasteiger partial charge in [-0.2, -0.15) is 0 Å². The van der Waals surface area contributed by atoms with E-state index < -0.39 is 17.9 Å². The highest BCUT2D eigenvalue weighted by Crippen LogP contribution is 2.12. The molecule has 1 amide bonds. The van der Waals surface area contributed by atoms with Gasteiger partial charge in [-0.1, -0.05) is 11.6 Å². The van der Waals surface area contributed by atoms with E-state index in [9.17, 15) is 14.4 Å². The van der Waals surface area contributed by atoms with Crippen molar-refractivity contribution in [2.75, 3.05) is 7.11 Å². The summed E-state index contributed by atoms with van der Waals surface area (Å²) in [5, 5.41) is 2.90. The van der Waals surface area contributed by atoms with Crippen molar-refractivity contribution in [3.63, 3.8) is 0 Å². The SMILES string of the molecule is COC(=O)[C@H](CC(=O)c1ccc(Cl)cc1)NC(C)=O. The van der Waals surface area contributed by atoms with Crippen LogP contribution in [0.15, 0.2) is 24.3 Å². The molecule has 1 aromatic carbocycles. The molecule has 1 atom stereocenters. The number of hydrogen-bond donors (Lipinski definition) is 1. The van der Waals surface area contributed by atoms with Gasteiger partial charge in [0, 0.05) is 23.9 Å². The van der Waals surface area contributed by atoms with Crippen molar-refractivity contribution in [2.45, 2.75) is 19.4 Å². The fourth-order valence-corrected chi connectivity index (χ4v) is 1.65. The third kappa shape index (κ3) is 4.71. The summed E-state index contributed by atoms with van der Waals surface area (Å²) in [6.45, 7) is 1.27. The van der Waals surface area contributed by atoms with Gasteiger partial charge in [0.15, 0.2) is 5.78 Å². The van der Waals surface area contributed by atoms with E-state index in [1.165, 1.54) is 14.0 Å². The maximum Gasteiger partial charge on any atom is 0.328 e. The number of ether oxygens (including phenoxy) is 1. The quantitative estimate of drug-likeness (QED) is 0.658. The van der Waals surface area contributed by atoms with Crippen LogP contribution in [0.3, 0.4) is 0 Å². The fourth-order valence-electron chi connectivity index (χ4n) is 1.52. The Balaban J connectivity index is 2.78. The van der Waals surface area contributed by atoms with Crippen molar-refractivity contribution in [1.82, 2.24) is 5.32 Å². The maximum atomic E-state index is 12.0. The molecule has 0 fully saturated rings. The largest absolute Gasteiger partial charge is 0.467 e. The number of nitrogens with one attached hydrogen (secondary N) is 1. The first-order chi connectivity index (χ1) is 8.93. The molecule has 102 valence electrons. The van der Waals surface area contributed by atoms with Gasteiger partial charge in [-0.15, -0.1) is 0 Å². The van der Waals surface area contributed by atoms with Crippen molar-refractivity contribution in [3.8, 4) is 0 Å². The van der Waals surface area contributed by atoms with Gasteiger partial charge in [-0.3, -0.25) is 9.59 Å². The zero-order chi connectivity index (χ0) is 14.4. The lowest BCUT2D eigenvalue weighted by Crippen LogP contribution is -2.41. The average Bonchev–Trinajstić information content (AvgIpc) is 2.37. The third-order valence-electron chi connectivity index (χ3n) is 2.42. The molecule has 0 heterocycles. The Kier molecular flexibility index (Phi) is 5.51. The number of Topliss-reactive ketones (excluding diaryl/α,β-unsaturated/α-hetero) is 1. The molecule has 0 bridgehead atoms. The van der Waals surface area contributed by atoms with Crippen LogP contribution in [0, 0.1) is 0 Å². The van der Waals surface area contributed by atoms with E-state index >= 15 is 0 Å². The second-order valence-electron chi connectivity index (χ2n) is 3.91. The van der Waals surface area contributed by atoms with Gasteiger partial charge in [-0.05, 0) is 24.3 Å². The first-order valence-corrected chi connectivity index (χ1v) is 5.95. The van der Waals surface area contributed by atoms with E-state index in [0.29, 0.717) is 10.6 Å². The van der Waals surface area contributed by atoms with Gasteiger partial charge >= 0.3 is 5.97 Å². The Labute approximate surface area is 115 Å². The molecule has 1 rings (SSSR count). The smallest absolute Gasteiger partial charge is 0.328 e. The van der Waals surface area contributed by atoms with Crippen LogP contribution >= 0.6 is 11.6 Å². The molecule has 0 aliphatic rings. The van der Waals surface area contributed by atoms with Gasteiger partial charge in [0.05, 0.1) is 7.11 Å². The molecule has 0 aliphatic heterocycles. The highest BCUT2D eigenvalue weighted by molar-refractivity contribution is 6.30. The summed E-state index contributed by atoms with van der Waals surface area (Å²) in [6, 6.07) is 5.31. The summed E-state index contributed by atoms with van der Waals surface area (Å²) in [4.78, 5) is 34.4. The van der Waals surface area contributed by atoms with Crippen LogP contribution in [0.2, 0.25) is 5.02 Å². The summed E-state index contributed by atoms with van der Waals surface area (Å²) in [5.74, 6) is -1.34. The molecule has 0 spiro atoms. The molecule has 0 saturated heterocycles. The molecule has 5 nitrogen and oxygen atoms in total. The van der Waals surface area contributed by atoms with Crippen LogP contribution in [0.25, 0.3) is 0 Å². The minimum Gasteiger partial charge on any atom is -0.467 e. The van der Waals surface area contributed by atoms with Crippen LogP contribution in [0.4, 0.5) is 0 Å². The third-order valence-corrected chi connectivity index (χ3v) is 2.67. The Bertz CT molecular complexity index is 484. The Morgan fingerprint density at radius 2 is 1.84 bits per heavy atom. The number of carbonyl (C=O) groups is 3. The zero-order valence-electron chi connectivity index (χ0n) is 10.6. The normalized spacial score (nSPS) is 11.5. The van der Waals surface area contributed by atoms with Crippen LogP contribution < -0.4 is 5.32 Å². The molecule has 0 radical (unpaired) electrons. The topological polar surface area (TPSA) is 72.5 Å². The number of halogens is 1. The number of hydrogen-bond acceptors (Lipinski definition) is 4. The molecule has 0 aromatic heterocycles. The Morgan fingerprint density at radius 1 is 1.26 bits per heavy atom. The summed E-state index contributed by atoms with van der Waals surface area (Å²) in [6.07, 6.45) is -0.159. The van der Waals surface area contributed by atoms with Gasteiger partial charge < -0.3 is 10.1 Å². The number of benzene rings is 1. The van der Waals surface area contributed by atoms with E-state index in [2.05, 4.69) is 10.1 Å². The molecule has 1 aromatic rings. The van der Waals surface area contributed by atoms with Crippen LogP contribution in [-0.4, -0.2) is 30.8 Å². The van der Waals surface area contributed by atoms with Crippen molar-refractivity contribution in [3.05, 3.63) is 34.9 Å². The molecular weight excluding hydrogens is 270 g/mol. The minimum atomic E-state index is -0.981. The first kappa shape index (κ1) is 15.2. The van der Waals surface area contributed by atoms with Crippen LogP contribution in [0.1, 0.15) is 23.7 Å². The van der Waals surface area contributed by atoms with Crippen molar-refractivity contribution >= 4 is 29.3 Å². The Morgan fingerprint density at radius 3 is 2.32 bits per heavy atom. The van der Waals surface area contributed by atoms with E-state index in [1.54, 1.807) is 24.3 Å². The monoisotopic (exact) mass is 283 g/mol. The minimum absolute atomic E-state index is 0.159. The van der Waals surface area contributed by atoms with Crippen molar-refractivity contribution in [2.24, 2.45) is 0 Å². The lowest BCUT2D eigenvalue weighted by Gasteiger charge is -2.14. The summed E-state index contributed by atoms with van der Waals surface area (Å²) in [5.41, 5.74) is 0.420. The number of ketones is 1. The van der Waals surface area contributed by atoms with Gasteiger partial charge in [0.1, 0.15) is 6.04 Å². The first-order valence-electron chi connectivity index (χ1n) is 5.57. The molecule has 19 heavy (non-hydrogen) atoms. The summed E-state index contributed by atoms with van der Waals surface area (Å²) >= 11 is 5.72. The lowest BCUT2D eigenvalue weighted by atomic mass is 10.0. The van der Waals surface area contributed by atoms with E-state index in [1.807, 2.05) is 0 Å². The predicted molar refractivity (Wildman–Crippen MR) is 70.0 cm³/mol. The Hall–Kier alpha value is -1.88. The van der Waals surface area contributed by atoms with Gasteiger partial charge in [0.25, 0.3) is 0 Å². The van der Waals surface area contributed by atoms with Gasteiger partial charge in [-0.25, -0.2) is 4.79 Å². The van der Waals surface area contributed by atoms with Crippen molar-refractivity contribution < 1.29 is 19.1 Å². The number of rotatable bonds is 5. The molecule has 0 saturated carbocycles. The summed E-state index contributed by atoms with van der Waals surface area (Å²) < 4.78 is 4.54. The number of amides is 1. The molecule has 6 heteroatoms. The van der Waals surface area contributed by atoms with E-state index in [4.69, 9.17) is 11.6 Å². The van der Waals surface area contributed by atoms with E-state index in [0.717, 1.165) is 0 Å². The second-order valence-corrected chi connectivity index (χ2v) is 4.35. The fraction of sp³-hybridized carbons (Fsp3) is 0.308. The van der Waals surface area contributed by atoms with Crippen LogP contribution in [-0.2, 0) is 14.3 Å². The molecule has 0 unspecified atom stereocenters. The summed E-state index contributed by atoms with van der Waals surface area (Å²) in [7, 11) is 1.20. The molecule has 1 N–H and O–H groups in total. The number of esters is 1. The zero-order valence-corrected chi connectivity index (χ0v) is 11.4.